The maximum atomic E-state index is 10.9. The molecule has 0 spiro atoms. The molecule has 2 unspecified atom stereocenters. The number of hydrogen-bond donors (Lipinski definition) is 2. The predicted octanol–water partition coefficient (Wildman–Crippen LogP) is 3.52. The lowest BCUT2D eigenvalue weighted by Gasteiger charge is -2.52. The smallest absolute Gasteiger partial charge is 0.0925 e. The largest absolute Gasteiger partial charge is 0.391 e. The molecule has 1 fully saturated rings. The summed E-state index contributed by atoms with van der Waals surface area (Å²) >= 11 is 6.21. The van der Waals surface area contributed by atoms with Gasteiger partial charge in [0.15, 0.2) is 0 Å². The number of nitrogens with zero attached hydrogens (tertiary/aromatic N) is 1. The second-order valence-electron chi connectivity index (χ2n) is 6.54. The lowest BCUT2D eigenvalue weighted by Crippen LogP contribution is -2.60. The van der Waals surface area contributed by atoms with E-state index in [0.29, 0.717) is 11.5 Å². The number of nitrogens with one attached hydrogen (secondary N) is 1. The fraction of sp³-hybridized carbons (Fsp3) is 0.444. The number of aliphatic hydroxyl groups excluding tert-OH is 1. The van der Waals surface area contributed by atoms with E-state index in [1.807, 2.05) is 6.07 Å². The summed E-state index contributed by atoms with van der Waals surface area (Å²) in [4.78, 5) is 6.00. The van der Waals surface area contributed by atoms with E-state index in [2.05, 4.69) is 34.7 Å². The summed E-state index contributed by atoms with van der Waals surface area (Å²) in [6.45, 7) is 5.89. The molecular weight excluding hydrogens is 296 g/mol. The normalized spacial score (nSPS) is 28.4. The number of rotatable bonds is 2. The highest BCUT2D eigenvalue weighted by atomic mass is 35.5. The molecule has 3 nitrogen and oxygen atoms in total. The quantitative estimate of drug-likeness (QED) is 0.890. The topological polar surface area (TPSA) is 39.3 Å². The zero-order valence-electron chi connectivity index (χ0n) is 12.6. The average molecular weight is 317 g/mol. The lowest BCUT2D eigenvalue weighted by atomic mass is 9.74. The standard InChI is InChI=1S/C18H21ClN2O/c1-12(19)11-18-16(22)7-4-9-21(18)10-8-14-13-5-2-3-6-15(13)20-17(14)18/h2-3,5-6,16,20,22H,1,4,7-11H2. The van der Waals surface area contributed by atoms with Crippen LogP contribution in [0, 0.1) is 0 Å². The number of aromatic nitrogens is 1. The van der Waals surface area contributed by atoms with Crippen molar-refractivity contribution in [3.63, 3.8) is 0 Å². The molecule has 0 aliphatic carbocycles. The molecule has 2 aromatic rings. The van der Waals surface area contributed by atoms with Gasteiger partial charge in [0.2, 0.25) is 0 Å². The number of para-hydroxylation sites is 1. The molecular formula is C18H21ClN2O. The van der Waals surface area contributed by atoms with Crippen LogP contribution in [0.1, 0.15) is 30.5 Å². The van der Waals surface area contributed by atoms with Gasteiger partial charge in [-0.3, -0.25) is 4.90 Å². The monoisotopic (exact) mass is 316 g/mol. The first-order valence-electron chi connectivity index (χ1n) is 7.99. The number of aliphatic hydroxyl groups is 1. The Morgan fingerprint density at radius 2 is 2.23 bits per heavy atom. The van der Waals surface area contributed by atoms with Crippen LogP contribution in [0.5, 0.6) is 0 Å². The van der Waals surface area contributed by atoms with Crippen molar-refractivity contribution in [1.29, 1.82) is 0 Å². The minimum Gasteiger partial charge on any atom is -0.391 e. The van der Waals surface area contributed by atoms with Crippen LogP contribution < -0.4 is 0 Å². The molecule has 0 bridgehead atoms. The highest BCUT2D eigenvalue weighted by molar-refractivity contribution is 6.29. The molecule has 1 aromatic carbocycles. The van der Waals surface area contributed by atoms with Crippen molar-refractivity contribution >= 4 is 22.5 Å². The SMILES string of the molecule is C=C(Cl)CC12c3[nH]c4ccccc4c3CCN1CCCC2O. The maximum Gasteiger partial charge on any atom is 0.0925 e. The van der Waals surface area contributed by atoms with Gasteiger partial charge in [0.1, 0.15) is 0 Å². The second-order valence-corrected chi connectivity index (χ2v) is 7.07. The van der Waals surface area contributed by atoms with Crippen molar-refractivity contribution in [3.8, 4) is 0 Å². The van der Waals surface area contributed by atoms with E-state index in [0.717, 1.165) is 43.6 Å². The Morgan fingerprint density at radius 3 is 3.05 bits per heavy atom. The highest BCUT2D eigenvalue weighted by Crippen LogP contribution is 2.48. The molecule has 1 aromatic heterocycles. The van der Waals surface area contributed by atoms with E-state index in [1.54, 1.807) is 0 Å². The number of benzene rings is 1. The van der Waals surface area contributed by atoms with Gasteiger partial charge in [-0.25, -0.2) is 0 Å². The molecule has 4 rings (SSSR count). The molecule has 2 aliphatic heterocycles. The van der Waals surface area contributed by atoms with Crippen LogP contribution in [0.3, 0.4) is 0 Å². The fourth-order valence-corrected chi connectivity index (χ4v) is 4.65. The lowest BCUT2D eigenvalue weighted by molar-refractivity contribution is -0.0770. The highest BCUT2D eigenvalue weighted by Gasteiger charge is 2.51. The van der Waals surface area contributed by atoms with Crippen LogP contribution in [-0.2, 0) is 12.0 Å². The van der Waals surface area contributed by atoms with Gasteiger partial charge in [0, 0.05) is 34.6 Å². The van der Waals surface area contributed by atoms with E-state index >= 15 is 0 Å². The van der Waals surface area contributed by atoms with Gasteiger partial charge in [0.05, 0.1) is 11.6 Å². The van der Waals surface area contributed by atoms with Gasteiger partial charge in [-0.05, 0) is 37.4 Å². The van der Waals surface area contributed by atoms with Crippen molar-refractivity contribution in [2.24, 2.45) is 0 Å². The summed E-state index contributed by atoms with van der Waals surface area (Å²) in [6, 6.07) is 8.40. The Bertz CT molecular complexity index is 738. The summed E-state index contributed by atoms with van der Waals surface area (Å²) in [7, 11) is 0. The fourth-order valence-electron chi connectivity index (χ4n) is 4.45. The summed E-state index contributed by atoms with van der Waals surface area (Å²) in [6.07, 6.45) is 3.05. The third-order valence-corrected chi connectivity index (χ3v) is 5.49. The molecule has 4 heteroatoms. The van der Waals surface area contributed by atoms with Crippen molar-refractivity contribution in [1.82, 2.24) is 9.88 Å². The first-order valence-corrected chi connectivity index (χ1v) is 8.37. The summed E-state index contributed by atoms with van der Waals surface area (Å²) in [5.74, 6) is 0. The molecule has 22 heavy (non-hydrogen) atoms. The molecule has 0 amide bonds. The molecule has 0 saturated carbocycles. The maximum absolute atomic E-state index is 10.9. The number of H-pyrrole nitrogens is 1. The van der Waals surface area contributed by atoms with Crippen molar-refractivity contribution in [3.05, 3.63) is 47.1 Å². The van der Waals surface area contributed by atoms with Gasteiger partial charge in [-0.1, -0.05) is 36.4 Å². The molecule has 2 aliphatic rings. The molecule has 3 heterocycles. The van der Waals surface area contributed by atoms with Crippen molar-refractivity contribution in [2.75, 3.05) is 13.1 Å². The number of piperidine rings is 1. The van der Waals surface area contributed by atoms with Crippen LogP contribution in [0.4, 0.5) is 0 Å². The molecule has 2 atom stereocenters. The van der Waals surface area contributed by atoms with E-state index in [9.17, 15) is 5.11 Å². The average Bonchev–Trinajstić information content (AvgIpc) is 2.87. The van der Waals surface area contributed by atoms with E-state index in [1.165, 1.54) is 10.9 Å². The summed E-state index contributed by atoms with van der Waals surface area (Å²) in [5.41, 5.74) is 3.19. The van der Waals surface area contributed by atoms with E-state index in [4.69, 9.17) is 11.6 Å². The number of aromatic amines is 1. The minimum atomic E-state index is -0.441. The third kappa shape index (κ3) is 1.89. The molecule has 2 N–H and O–H groups in total. The van der Waals surface area contributed by atoms with E-state index < -0.39 is 11.6 Å². The van der Waals surface area contributed by atoms with Crippen LogP contribution in [-0.4, -0.2) is 34.2 Å². The van der Waals surface area contributed by atoms with Gasteiger partial charge in [-0.15, -0.1) is 0 Å². The van der Waals surface area contributed by atoms with Crippen LogP contribution in [0.25, 0.3) is 10.9 Å². The Kier molecular flexibility index (Phi) is 3.33. The summed E-state index contributed by atoms with van der Waals surface area (Å²) < 4.78 is 0. The van der Waals surface area contributed by atoms with E-state index in [-0.39, 0.29) is 0 Å². The minimum absolute atomic E-state index is 0.413. The number of fused-ring (bicyclic) bond motifs is 5. The van der Waals surface area contributed by atoms with Crippen LogP contribution in [0.2, 0.25) is 0 Å². The Hall–Kier alpha value is -1.29. The van der Waals surface area contributed by atoms with Gasteiger partial charge < -0.3 is 10.1 Å². The first kappa shape index (κ1) is 14.3. The first-order chi connectivity index (χ1) is 10.6. The zero-order chi connectivity index (χ0) is 15.3. The number of halogens is 1. The Morgan fingerprint density at radius 1 is 1.41 bits per heavy atom. The number of hydrogen-bond acceptors (Lipinski definition) is 2. The Balaban J connectivity index is 1.97. The Labute approximate surface area is 135 Å². The molecule has 0 radical (unpaired) electrons. The van der Waals surface area contributed by atoms with Crippen LogP contribution in [0.15, 0.2) is 35.9 Å². The third-order valence-electron chi connectivity index (χ3n) is 5.36. The van der Waals surface area contributed by atoms with Gasteiger partial charge >= 0.3 is 0 Å². The predicted molar refractivity (Wildman–Crippen MR) is 90.1 cm³/mol. The van der Waals surface area contributed by atoms with Crippen molar-refractivity contribution in [2.45, 2.75) is 37.3 Å². The van der Waals surface area contributed by atoms with Gasteiger partial charge in [-0.2, -0.15) is 0 Å². The second kappa shape index (κ2) is 5.12. The van der Waals surface area contributed by atoms with Gasteiger partial charge in [0.25, 0.3) is 0 Å². The zero-order valence-corrected chi connectivity index (χ0v) is 13.4. The van der Waals surface area contributed by atoms with Crippen molar-refractivity contribution < 1.29 is 5.11 Å². The molecule has 1 saturated heterocycles. The van der Waals surface area contributed by atoms with Crippen LogP contribution >= 0.6 is 11.6 Å². The summed E-state index contributed by atoms with van der Waals surface area (Å²) in [5, 5.41) is 12.8. The molecule has 116 valence electrons.